The van der Waals surface area contributed by atoms with E-state index in [-0.39, 0.29) is 5.41 Å². The van der Waals surface area contributed by atoms with Gasteiger partial charge in [-0.25, -0.2) is 4.79 Å². The van der Waals surface area contributed by atoms with Crippen LogP contribution in [0, 0.1) is 0 Å². The Morgan fingerprint density at radius 3 is 2.55 bits per heavy atom. The van der Waals surface area contributed by atoms with Gasteiger partial charge in [0.15, 0.2) is 0 Å². The van der Waals surface area contributed by atoms with Gasteiger partial charge in [0, 0.05) is 16.4 Å². The van der Waals surface area contributed by atoms with Gasteiger partial charge < -0.3 is 15.8 Å². The van der Waals surface area contributed by atoms with Gasteiger partial charge in [0.1, 0.15) is 5.60 Å². The summed E-state index contributed by atoms with van der Waals surface area (Å²) in [5, 5.41) is 3.22. The number of hydrogen-bond donors (Lipinski definition) is 2. The number of amides is 1. The summed E-state index contributed by atoms with van der Waals surface area (Å²) in [4.78, 5) is 11.0. The molecule has 0 aliphatic heterocycles. The van der Waals surface area contributed by atoms with Gasteiger partial charge in [0.25, 0.3) is 0 Å². The van der Waals surface area contributed by atoms with Gasteiger partial charge in [0.05, 0.1) is 0 Å². The maximum atomic E-state index is 11.0. The summed E-state index contributed by atoms with van der Waals surface area (Å²) < 4.78 is 6.26. The smallest absolute Gasteiger partial charge is 0.405 e. The van der Waals surface area contributed by atoms with Crippen molar-refractivity contribution in [2.75, 3.05) is 13.6 Å². The number of carbonyl (C=O) groups excluding carboxylic acids is 1. The molecule has 1 rings (SSSR count). The van der Waals surface area contributed by atoms with E-state index in [0.717, 1.165) is 11.0 Å². The van der Waals surface area contributed by atoms with Crippen LogP contribution in [0.4, 0.5) is 4.79 Å². The Kier molecular flexibility index (Phi) is 5.59. The Balaban J connectivity index is 3.06. The van der Waals surface area contributed by atoms with E-state index in [9.17, 15) is 4.79 Å². The first kappa shape index (κ1) is 17.0. The van der Waals surface area contributed by atoms with Crippen molar-refractivity contribution in [1.29, 1.82) is 0 Å². The van der Waals surface area contributed by atoms with Crippen LogP contribution in [0.2, 0.25) is 0 Å². The van der Waals surface area contributed by atoms with E-state index >= 15 is 0 Å². The Bertz CT molecular complexity index is 477. The minimum Gasteiger partial charge on any atom is -0.444 e. The molecule has 0 spiro atoms. The average molecular weight is 343 g/mol. The SMILES string of the molecule is CNCC(C)(CC(C)(C)OC(N)=O)c1cccc(Br)c1. The number of benzene rings is 1. The highest BCUT2D eigenvalue weighted by Gasteiger charge is 2.35. The van der Waals surface area contributed by atoms with Crippen LogP contribution in [0.3, 0.4) is 0 Å². The number of carbonyl (C=O) groups is 1. The number of rotatable bonds is 6. The van der Waals surface area contributed by atoms with E-state index in [1.165, 1.54) is 5.56 Å². The summed E-state index contributed by atoms with van der Waals surface area (Å²) in [6, 6.07) is 8.18. The highest BCUT2D eigenvalue weighted by Crippen LogP contribution is 2.35. The van der Waals surface area contributed by atoms with E-state index in [4.69, 9.17) is 10.5 Å². The molecule has 1 aromatic rings. The molecule has 3 N–H and O–H groups in total. The molecule has 4 nitrogen and oxygen atoms in total. The Morgan fingerprint density at radius 1 is 1.40 bits per heavy atom. The van der Waals surface area contributed by atoms with Crippen LogP contribution in [-0.2, 0) is 10.2 Å². The molecule has 112 valence electrons. The second kappa shape index (κ2) is 6.59. The van der Waals surface area contributed by atoms with Crippen molar-refractivity contribution in [2.45, 2.75) is 38.2 Å². The fourth-order valence-corrected chi connectivity index (χ4v) is 3.17. The normalized spacial score (nSPS) is 14.7. The van der Waals surface area contributed by atoms with Crippen LogP contribution in [0.5, 0.6) is 0 Å². The molecule has 0 saturated carbocycles. The van der Waals surface area contributed by atoms with Crippen LogP contribution in [0.1, 0.15) is 32.8 Å². The summed E-state index contributed by atoms with van der Waals surface area (Å²) in [5.74, 6) is 0. The molecule has 1 aromatic carbocycles. The zero-order valence-electron chi connectivity index (χ0n) is 12.5. The molecule has 1 atom stereocenters. The second-order valence-corrected chi connectivity index (χ2v) is 6.87. The third-order valence-corrected chi connectivity index (χ3v) is 3.77. The van der Waals surface area contributed by atoms with Crippen molar-refractivity contribution in [2.24, 2.45) is 5.73 Å². The van der Waals surface area contributed by atoms with Crippen molar-refractivity contribution in [1.82, 2.24) is 5.32 Å². The first-order chi connectivity index (χ1) is 9.18. The standard InChI is InChI=1S/C15H23BrN2O2/c1-14(2,20-13(17)19)9-15(3,10-18-4)11-6-5-7-12(16)8-11/h5-8,18H,9-10H2,1-4H3,(H2,17,19). The second-order valence-electron chi connectivity index (χ2n) is 5.96. The number of nitrogens with one attached hydrogen (secondary N) is 1. The Labute approximate surface area is 129 Å². The van der Waals surface area contributed by atoms with Gasteiger partial charge >= 0.3 is 6.09 Å². The molecule has 0 aliphatic carbocycles. The quantitative estimate of drug-likeness (QED) is 0.834. The molecule has 5 heteroatoms. The van der Waals surface area contributed by atoms with Crippen molar-refractivity contribution in [3.63, 3.8) is 0 Å². The molecular weight excluding hydrogens is 320 g/mol. The lowest BCUT2D eigenvalue weighted by molar-refractivity contribution is 0.0226. The molecule has 1 amide bonds. The van der Waals surface area contributed by atoms with E-state index in [2.05, 4.69) is 40.3 Å². The first-order valence-electron chi connectivity index (χ1n) is 6.58. The van der Waals surface area contributed by atoms with Crippen molar-refractivity contribution < 1.29 is 9.53 Å². The van der Waals surface area contributed by atoms with Crippen molar-refractivity contribution in [3.05, 3.63) is 34.3 Å². The van der Waals surface area contributed by atoms with Crippen LogP contribution in [0.25, 0.3) is 0 Å². The monoisotopic (exact) mass is 342 g/mol. The summed E-state index contributed by atoms with van der Waals surface area (Å²) in [6.07, 6.45) is -0.0729. The molecule has 0 radical (unpaired) electrons. The molecule has 1 unspecified atom stereocenters. The molecule has 0 saturated heterocycles. The zero-order valence-corrected chi connectivity index (χ0v) is 14.1. The van der Waals surface area contributed by atoms with E-state index in [1.807, 2.05) is 33.0 Å². The van der Waals surface area contributed by atoms with Gasteiger partial charge in [-0.15, -0.1) is 0 Å². The summed E-state index contributed by atoms with van der Waals surface area (Å²) >= 11 is 3.50. The average Bonchev–Trinajstić information content (AvgIpc) is 2.26. The molecule has 0 aliphatic rings. The number of likely N-dealkylation sites (N-methyl/N-ethyl adjacent to an activating group) is 1. The number of ether oxygens (including phenoxy) is 1. The lowest BCUT2D eigenvalue weighted by Gasteiger charge is -2.37. The van der Waals surface area contributed by atoms with Crippen LogP contribution >= 0.6 is 15.9 Å². The third-order valence-electron chi connectivity index (χ3n) is 3.28. The lowest BCUT2D eigenvalue weighted by atomic mass is 9.74. The molecule has 0 bridgehead atoms. The number of halogens is 1. The number of hydrogen-bond acceptors (Lipinski definition) is 3. The maximum Gasteiger partial charge on any atom is 0.405 e. The third kappa shape index (κ3) is 4.80. The largest absolute Gasteiger partial charge is 0.444 e. The van der Waals surface area contributed by atoms with Gasteiger partial charge in [-0.3, -0.25) is 0 Å². The van der Waals surface area contributed by atoms with Crippen LogP contribution in [0.15, 0.2) is 28.7 Å². The molecule has 0 fully saturated rings. The molecular formula is C15H23BrN2O2. The minimum absolute atomic E-state index is 0.169. The Hall–Kier alpha value is -1.07. The molecule has 0 heterocycles. The fraction of sp³-hybridized carbons (Fsp3) is 0.533. The van der Waals surface area contributed by atoms with Gasteiger partial charge in [-0.2, -0.15) is 0 Å². The molecule has 20 heavy (non-hydrogen) atoms. The highest BCUT2D eigenvalue weighted by molar-refractivity contribution is 9.10. The Morgan fingerprint density at radius 2 is 2.05 bits per heavy atom. The van der Waals surface area contributed by atoms with Gasteiger partial charge in [-0.1, -0.05) is 35.0 Å². The predicted octanol–water partition coefficient (Wildman–Crippen LogP) is 3.19. The zero-order chi connectivity index (χ0) is 15.4. The van der Waals surface area contributed by atoms with Crippen LogP contribution in [-0.4, -0.2) is 25.3 Å². The van der Waals surface area contributed by atoms with Crippen molar-refractivity contribution >= 4 is 22.0 Å². The highest BCUT2D eigenvalue weighted by atomic mass is 79.9. The summed E-state index contributed by atoms with van der Waals surface area (Å²) in [6.45, 7) is 6.68. The molecule has 0 aromatic heterocycles. The van der Waals surface area contributed by atoms with E-state index < -0.39 is 11.7 Å². The summed E-state index contributed by atoms with van der Waals surface area (Å²) in [5.41, 5.74) is 5.54. The van der Waals surface area contributed by atoms with Crippen molar-refractivity contribution in [3.8, 4) is 0 Å². The van der Waals surface area contributed by atoms with Gasteiger partial charge in [0.2, 0.25) is 0 Å². The first-order valence-corrected chi connectivity index (χ1v) is 7.37. The topological polar surface area (TPSA) is 64.3 Å². The van der Waals surface area contributed by atoms with E-state index in [0.29, 0.717) is 6.42 Å². The van der Waals surface area contributed by atoms with Crippen LogP contribution < -0.4 is 11.1 Å². The lowest BCUT2D eigenvalue weighted by Crippen LogP contribution is -2.43. The van der Waals surface area contributed by atoms with E-state index in [1.54, 1.807) is 0 Å². The number of primary amides is 1. The minimum atomic E-state index is -0.740. The maximum absolute atomic E-state index is 11.0. The fourth-order valence-electron chi connectivity index (χ4n) is 2.77. The summed E-state index contributed by atoms with van der Waals surface area (Å²) in [7, 11) is 1.91. The number of nitrogens with two attached hydrogens (primary N) is 1. The van der Waals surface area contributed by atoms with Gasteiger partial charge in [-0.05, 0) is 45.0 Å². The predicted molar refractivity (Wildman–Crippen MR) is 84.8 cm³/mol.